The summed E-state index contributed by atoms with van der Waals surface area (Å²) in [7, 11) is 0. The summed E-state index contributed by atoms with van der Waals surface area (Å²) in [6.45, 7) is 1.75. The van der Waals surface area contributed by atoms with Crippen LogP contribution >= 0.6 is 0 Å². The van der Waals surface area contributed by atoms with Gasteiger partial charge in [0.05, 0.1) is 23.6 Å². The summed E-state index contributed by atoms with van der Waals surface area (Å²) in [6.07, 6.45) is 9.88. The van der Waals surface area contributed by atoms with Crippen molar-refractivity contribution in [1.82, 2.24) is 19.9 Å². The van der Waals surface area contributed by atoms with E-state index in [1.807, 2.05) is 18.3 Å². The average molecular weight is 399 g/mol. The normalized spacial score (nSPS) is 19.5. The Kier molecular flexibility index (Phi) is 3.90. The minimum atomic E-state index is -0.221. The van der Waals surface area contributed by atoms with Crippen molar-refractivity contribution in [3.8, 4) is 11.3 Å². The lowest BCUT2D eigenvalue weighted by Gasteiger charge is -2.35. The second-order valence-electron chi connectivity index (χ2n) is 8.06. The number of nitrogens with one attached hydrogen (secondary N) is 1. The monoisotopic (exact) mass is 399 g/mol. The molecule has 2 fully saturated rings. The third-order valence-corrected chi connectivity index (χ3v) is 6.04. The predicted molar refractivity (Wildman–Crippen MR) is 114 cm³/mol. The third-order valence-electron chi connectivity index (χ3n) is 6.04. The van der Waals surface area contributed by atoms with Crippen LogP contribution in [0, 0.1) is 0 Å². The Morgan fingerprint density at radius 3 is 2.83 bits per heavy atom. The summed E-state index contributed by atoms with van der Waals surface area (Å²) < 4.78 is 0. The van der Waals surface area contributed by atoms with Gasteiger partial charge in [-0.3, -0.25) is 20.2 Å². The molecule has 6 rings (SSSR count). The van der Waals surface area contributed by atoms with Crippen molar-refractivity contribution in [1.29, 1.82) is 0 Å². The molecule has 2 aliphatic heterocycles. The van der Waals surface area contributed by atoms with Crippen LogP contribution < -0.4 is 15.1 Å². The number of carbonyl (C=O) groups is 1. The van der Waals surface area contributed by atoms with Crippen LogP contribution in [0.5, 0.6) is 0 Å². The van der Waals surface area contributed by atoms with Gasteiger partial charge >= 0.3 is 6.03 Å². The molecule has 8 nitrogen and oxygen atoms in total. The second-order valence-corrected chi connectivity index (χ2v) is 8.06. The Balaban J connectivity index is 1.38. The van der Waals surface area contributed by atoms with Gasteiger partial charge in [0.1, 0.15) is 0 Å². The maximum Gasteiger partial charge on any atom is 0.329 e. The summed E-state index contributed by atoms with van der Waals surface area (Å²) in [5.74, 6) is 1.72. The Labute approximate surface area is 174 Å². The Hall–Kier alpha value is -3.55. The zero-order valence-electron chi connectivity index (χ0n) is 16.4. The van der Waals surface area contributed by atoms with Gasteiger partial charge in [-0.1, -0.05) is 0 Å². The number of fused-ring (bicyclic) bond motifs is 4. The number of aromatic nitrogens is 4. The minimum absolute atomic E-state index is 0.0939. The van der Waals surface area contributed by atoms with Gasteiger partial charge in [-0.25, -0.2) is 14.8 Å². The lowest BCUT2D eigenvalue weighted by Crippen LogP contribution is -2.48. The van der Waals surface area contributed by atoms with Gasteiger partial charge in [-0.2, -0.15) is 0 Å². The highest BCUT2D eigenvalue weighted by Crippen LogP contribution is 2.42. The number of anilines is 3. The maximum absolute atomic E-state index is 13.2. The van der Waals surface area contributed by atoms with E-state index >= 15 is 0 Å². The molecule has 8 heteroatoms. The zero-order valence-corrected chi connectivity index (χ0v) is 16.4. The van der Waals surface area contributed by atoms with Crippen LogP contribution in [0.15, 0.2) is 49.1 Å². The van der Waals surface area contributed by atoms with Crippen molar-refractivity contribution in [3.05, 3.63) is 54.7 Å². The topological polar surface area (TPSA) is 87.1 Å². The first-order valence-corrected chi connectivity index (χ1v) is 10.3. The molecule has 2 amide bonds. The molecule has 5 heterocycles. The number of rotatable bonds is 3. The van der Waals surface area contributed by atoms with E-state index in [4.69, 9.17) is 4.98 Å². The van der Waals surface area contributed by atoms with Crippen molar-refractivity contribution in [2.24, 2.45) is 0 Å². The lowest BCUT2D eigenvalue weighted by atomic mass is 10.1. The molecule has 1 atom stereocenters. The molecule has 30 heavy (non-hydrogen) atoms. The van der Waals surface area contributed by atoms with Gasteiger partial charge in [0, 0.05) is 48.9 Å². The highest BCUT2D eigenvalue weighted by molar-refractivity contribution is 6.04. The summed E-state index contributed by atoms with van der Waals surface area (Å²) >= 11 is 0. The van der Waals surface area contributed by atoms with Crippen molar-refractivity contribution in [2.75, 3.05) is 28.2 Å². The molecule has 1 saturated heterocycles. The zero-order chi connectivity index (χ0) is 20.1. The molecule has 0 spiro atoms. The Bertz CT molecular complexity index is 1120. The molecule has 2 bridgehead atoms. The quantitative estimate of drug-likeness (QED) is 0.726. The SMILES string of the molecule is O=C(Nc1cnccn1)N1c2nc(-c3ccnc(C4CC4)c3)ccc2N2CC[C@H]1C2. The molecular weight excluding hydrogens is 378 g/mol. The second kappa shape index (κ2) is 6.76. The fraction of sp³-hybridized carbons (Fsp3) is 0.318. The minimum Gasteiger partial charge on any atom is -0.366 e. The smallest absolute Gasteiger partial charge is 0.329 e. The van der Waals surface area contributed by atoms with Gasteiger partial charge in [0.2, 0.25) is 0 Å². The van der Waals surface area contributed by atoms with E-state index < -0.39 is 0 Å². The van der Waals surface area contributed by atoms with E-state index in [1.54, 1.807) is 23.5 Å². The van der Waals surface area contributed by atoms with E-state index in [0.29, 0.717) is 17.6 Å². The van der Waals surface area contributed by atoms with Gasteiger partial charge in [0.25, 0.3) is 0 Å². The van der Waals surface area contributed by atoms with Crippen LogP contribution in [0.4, 0.5) is 22.1 Å². The summed E-state index contributed by atoms with van der Waals surface area (Å²) in [5.41, 5.74) is 4.03. The van der Waals surface area contributed by atoms with Crippen LogP contribution in [0.25, 0.3) is 11.3 Å². The summed E-state index contributed by atoms with van der Waals surface area (Å²) in [5, 5.41) is 2.87. The standard InChI is InChI=1S/C22H21N7O/c30-22(27-20-12-23-8-9-25-20)29-16-6-10-28(13-16)19-4-3-17(26-21(19)29)15-5-7-24-18(11-15)14-1-2-14/h3-5,7-9,11-12,14,16H,1-2,6,10,13H2,(H,25,27,30)/t16-/m0/s1. The first kappa shape index (κ1) is 17.3. The van der Waals surface area contributed by atoms with Crippen molar-refractivity contribution >= 4 is 23.4 Å². The molecule has 1 aliphatic carbocycles. The molecule has 1 saturated carbocycles. The van der Waals surface area contributed by atoms with Gasteiger partial charge in [0.15, 0.2) is 11.6 Å². The molecule has 3 aliphatic rings. The largest absolute Gasteiger partial charge is 0.366 e. The van der Waals surface area contributed by atoms with Crippen LogP contribution in [0.1, 0.15) is 30.9 Å². The number of hydrogen-bond acceptors (Lipinski definition) is 6. The van der Waals surface area contributed by atoms with Crippen molar-refractivity contribution < 1.29 is 4.79 Å². The van der Waals surface area contributed by atoms with Crippen molar-refractivity contribution in [2.45, 2.75) is 31.2 Å². The van der Waals surface area contributed by atoms with E-state index in [0.717, 1.165) is 42.1 Å². The van der Waals surface area contributed by atoms with E-state index in [-0.39, 0.29) is 12.1 Å². The third kappa shape index (κ3) is 2.96. The van der Waals surface area contributed by atoms with Gasteiger partial charge in [-0.15, -0.1) is 0 Å². The number of nitrogens with zero attached hydrogens (tertiary/aromatic N) is 6. The summed E-state index contributed by atoms with van der Waals surface area (Å²) in [4.78, 5) is 35.0. The summed E-state index contributed by atoms with van der Waals surface area (Å²) in [6, 6.07) is 8.12. The number of urea groups is 1. The molecule has 0 radical (unpaired) electrons. The average Bonchev–Trinajstić information content (AvgIpc) is 3.56. The van der Waals surface area contributed by atoms with Gasteiger partial charge < -0.3 is 4.90 Å². The van der Waals surface area contributed by atoms with E-state index in [1.165, 1.54) is 12.8 Å². The Morgan fingerprint density at radius 2 is 2.00 bits per heavy atom. The first-order valence-electron chi connectivity index (χ1n) is 10.3. The maximum atomic E-state index is 13.2. The fourth-order valence-electron chi connectivity index (χ4n) is 4.38. The van der Waals surface area contributed by atoms with Crippen molar-refractivity contribution in [3.63, 3.8) is 0 Å². The first-order chi connectivity index (χ1) is 14.8. The van der Waals surface area contributed by atoms with Crippen LogP contribution in [0.2, 0.25) is 0 Å². The lowest BCUT2D eigenvalue weighted by molar-refractivity contribution is 0.254. The number of carbonyl (C=O) groups excluding carboxylic acids is 1. The van der Waals surface area contributed by atoms with Crippen LogP contribution in [-0.2, 0) is 0 Å². The number of amides is 2. The number of hydrogen-bond donors (Lipinski definition) is 1. The number of pyridine rings is 2. The molecular formula is C22H21N7O. The van der Waals surface area contributed by atoms with Crippen LogP contribution in [-0.4, -0.2) is 45.1 Å². The highest BCUT2D eigenvalue weighted by atomic mass is 16.2. The van der Waals surface area contributed by atoms with E-state index in [2.05, 4.69) is 37.3 Å². The molecule has 0 unspecified atom stereocenters. The molecule has 3 aromatic rings. The molecule has 1 N–H and O–H groups in total. The van der Waals surface area contributed by atoms with Gasteiger partial charge in [-0.05, 0) is 43.5 Å². The molecule has 3 aromatic heterocycles. The Morgan fingerprint density at radius 1 is 1.07 bits per heavy atom. The van der Waals surface area contributed by atoms with E-state index in [9.17, 15) is 4.79 Å². The predicted octanol–water partition coefficient (Wildman–Crippen LogP) is 3.44. The molecule has 150 valence electrons. The highest BCUT2D eigenvalue weighted by Gasteiger charge is 2.40. The molecule has 0 aromatic carbocycles. The fourth-order valence-corrected chi connectivity index (χ4v) is 4.38. The van der Waals surface area contributed by atoms with Crippen LogP contribution in [0.3, 0.4) is 0 Å².